The topological polar surface area (TPSA) is 54.0 Å². The summed E-state index contributed by atoms with van der Waals surface area (Å²) in [5.41, 5.74) is 2.00. The summed E-state index contributed by atoms with van der Waals surface area (Å²) < 4.78 is 14.6. The van der Waals surface area contributed by atoms with Crippen LogP contribution in [0, 0.1) is 5.82 Å². The highest BCUT2D eigenvalue weighted by atomic mass is 79.9. The Balaban J connectivity index is 1.76. The van der Waals surface area contributed by atoms with Crippen LogP contribution in [0.5, 0.6) is 0 Å². The van der Waals surface area contributed by atoms with E-state index < -0.39 is 11.7 Å². The van der Waals surface area contributed by atoms with Crippen LogP contribution in [-0.4, -0.2) is 10.9 Å². The van der Waals surface area contributed by atoms with Crippen LogP contribution in [0.15, 0.2) is 71.5 Å². The smallest absolute Gasteiger partial charge is 0.257 e. The number of para-hydroxylation sites is 1. The normalized spacial score (nSPS) is 10.2. The van der Waals surface area contributed by atoms with E-state index in [1.807, 2.05) is 24.3 Å². The zero-order valence-corrected chi connectivity index (χ0v) is 14.0. The number of rotatable bonds is 4. The molecule has 2 aromatic carbocycles. The number of pyridine rings is 1. The van der Waals surface area contributed by atoms with Crippen LogP contribution >= 0.6 is 15.9 Å². The Hall–Kier alpha value is -2.73. The summed E-state index contributed by atoms with van der Waals surface area (Å²) in [5, 5.41) is 5.70. The number of anilines is 3. The van der Waals surface area contributed by atoms with Crippen molar-refractivity contribution in [3.05, 3.63) is 82.8 Å². The fourth-order valence-electron chi connectivity index (χ4n) is 2.09. The van der Waals surface area contributed by atoms with Crippen LogP contribution in [-0.2, 0) is 0 Å². The minimum atomic E-state index is -0.483. The third-order valence-electron chi connectivity index (χ3n) is 3.26. The van der Waals surface area contributed by atoms with E-state index in [2.05, 4.69) is 31.5 Å². The lowest BCUT2D eigenvalue weighted by Gasteiger charge is -2.09. The van der Waals surface area contributed by atoms with Crippen molar-refractivity contribution in [2.24, 2.45) is 0 Å². The number of amides is 1. The number of hydrogen-bond donors (Lipinski definition) is 2. The molecule has 2 N–H and O–H groups in total. The molecule has 0 atom stereocenters. The van der Waals surface area contributed by atoms with E-state index in [1.165, 1.54) is 18.3 Å². The van der Waals surface area contributed by atoms with Crippen LogP contribution in [0.25, 0.3) is 0 Å². The van der Waals surface area contributed by atoms with E-state index in [9.17, 15) is 9.18 Å². The Kier molecular flexibility index (Phi) is 4.86. The van der Waals surface area contributed by atoms with Crippen molar-refractivity contribution in [1.29, 1.82) is 0 Å². The van der Waals surface area contributed by atoms with Gasteiger partial charge in [-0.05, 0) is 42.5 Å². The lowest BCUT2D eigenvalue weighted by atomic mass is 10.2. The van der Waals surface area contributed by atoms with Crippen LogP contribution in [0.1, 0.15) is 10.4 Å². The lowest BCUT2D eigenvalue weighted by Crippen LogP contribution is -2.13. The van der Waals surface area contributed by atoms with Gasteiger partial charge in [0.1, 0.15) is 5.82 Å². The fraction of sp³-hybridized carbons (Fsp3) is 0. The Morgan fingerprint density at radius 2 is 1.75 bits per heavy atom. The minimum absolute atomic E-state index is 0.133. The summed E-state index contributed by atoms with van der Waals surface area (Å²) >= 11 is 3.38. The molecule has 0 aliphatic heterocycles. The first-order valence-electron chi connectivity index (χ1n) is 7.15. The molecule has 0 saturated carbocycles. The lowest BCUT2D eigenvalue weighted by molar-refractivity contribution is 0.102. The quantitative estimate of drug-likeness (QED) is 0.665. The standard InChI is InChI=1S/C18H13BrFN3O/c19-13-5-7-14(8-6-13)22-15-9-12(10-21-11-15)18(24)23-17-4-2-1-3-16(17)20/h1-11,22H,(H,23,24). The number of nitrogens with zero attached hydrogens (tertiary/aromatic N) is 1. The van der Waals surface area contributed by atoms with Crippen LogP contribution < -0.4 is 10.6 Å². The Labute approximate surface area is 146 Å². The van der Waals surface area contributed by atoms with Crippen molar-refractivity contribution in [2.45, 2.75) is 0 Å². The van der Waals surface area contributed by atoms with Crippen LogP contribution in [0.4, 0.5) is 21.5 Å². The highest BCUT2D eigenvalue weighted by molar-refractivity contribution is 9.10. The van der Waals surface area contributed by atoms with Crippen molar-refractivity contribution >= 4 is 38.9 Å². The second kappa shape index (κ2) is 7.23. The van der Waals surface area contributed by atoms with Gasteiger partial charge in [0.2, 0.25) is 0 Å². The first-order chi connectivity index (χ1) is 11.6. The predicted molar refractivity (Wildman–Crippen MR) is 96.0 cm³/mol. The molecule has 0 radical (unpaired) electrons. The number of aromatic nitrogens is 1. The second-order valence-electron chi connectivity index (χ2n) is 5.03. The molecule has 120 valence electrons. The molecule has 0 bridgehead atoms. The van der Waals surface area contributed by atoms with Crippen molar-refractivity contribution in [2.75, 3.05) is 10.6 Å². The number of halogens is 2. The first-order valence-corrected chi connectivity index (χ1v) is 7.94. The number of carbonyl (C=O) groups excluding carboxylic acids is 1. The number of hydrogen-bond acceptors (Lipinski definition) is 3. The molecule has 1 amide bonds. The van der Waals surface area contributed by atoms with E-state index in [4.69, 9.17) is 0 Å². The maximum absolute atomic E-state index is 13.6. The molecule has 0 aliphatic rings. The van der Waals surface area contributed by atoms with E-state index in [0.29, 0.717) is 11.3 Å². The van der Waals surface area contributed by atoms with Gasteiger partial charge in [0, 0.05) is 16.4 Å². The summed E-state index contributed by atoms with van der Waals surface area (Å²) in [6.45, 7) is 0. The molecule has 4 nitrogen and oxygen atoms in total. The van der Waals surface area contributed by atoms with Crippen LogP contribution in [0.2, 0.25) is 0 Å². The first kappa shape index (κ1) is 16.1. The second-order valence-corrected chi connectivity index (χ2v) is 5.94. The molecule has 0 spiro atoms. The summed E-state index contributed by atoms with van der Waals surface area (Å²) in [5.74, 6) is -0.907. The van der Waals surface area contributed by atoms with Gasteiger partial charge >= 0.3 is 0 Å². The molecule has 1 heterocycles. The van der Waals surface area contributed by atoms with Gasteiger partial charge in [-0.15, -0.1) is 0 Å². The molecule has 0 fully saturated rings. The largest absolute Gasteiger partial charge is 0.354 e. The maximum Gasteiger partial charge on any atom is 0.257 e. The van der Waals surface area contributed by atoms with Crippen molar-refractivity contribution in [3.63, 3.8) is 0 Å². The average molecular weight is 386 g/mol. The summed E-state index contributed by atoms with van der Waals surface area (Å²) in [4.78, 5) is 16.3. The van der Waals surface area contributed by atoms with Gasteiger partial charge in [0.25, 0.3) is 5.91 Å². The third kappa shape index (κ3) is 3.97. The third-order valence-corrected chi connectivity index (χ3v) is 3.78. The van der Waals surface area contributed by atoms with Gasteiger partial charge in [-0.2, -0.15) is 0 Å². The molecule has 0 saturated heterocycles. The molecule has 6 heteroatoms. The van der Waals surface area contributed by atoms with Gasteiger partial charge in [-0.1, -0.05) is 28.1 Å². The van der Waals surface area contributed by atoms with Crippen molar-refractivity contribution in [1.82, 2.24) is 4.98 Å². The minimum Gasteiger partial charge on any atom is -0.354 e. The molecule has 0 unspecified atom stereocenters. The van der Waals surface area contributed by atoms with E-state index in [-0.39, 0.29) is 5.69 Å². The van der Waals surface area contributed by atoms with Gasteiger partial charge in [0.15, 0.2) is 0 Å². The molecular weight excluding hydrogens is 373 g/mol. The number of carbonyl (C=O) groups is 1. The maximum atomic E-state index is 13.6. The molecule has 24 heavy (non-hydrogen) atoms. The molecule has 3 aromatic rings. The highest BCUT2D eigenvalue weighted by Crippen LogP contribution is 2.20. The fourth-order valence-corrected chi connectivity index (χ4v) is 2.35. The molecule has 1 aromatic heterocycles. The monoisotopic (exact) mass is 385 g/mol. The van der Waals surface area contributed by atoms with Crippen LogP contribution in [0.3, 0.4) is 0 Å². The Bertz CT molecular complexity index is 868. The number of benzene rings is 2. The summed E-state index contributed by atoms with van der Waals surface area (Å²) in [6.07, 6.45) is 3.05. The highest BCUT2D eigenvalue weighted by Gasteiger charge is 2.10. The summed E-state index contributed by atoms with van der Waals surface area (Å²) in [7, 11) is 0. The molecular formula is C18H13BrFN3O. The average Bonchev–Trinajstić information content (AvgIpc) is 2.59. The van der Waals surface area contributed by atoms with Gasteiger partial charge in [-0.25, -0.2) is 4.39 Å². The van der Waals surface area contributed by atoms with Gasteiger partial charge in [-0.3, -0.25) is 9.78 Å². The Morgan fingerprint density at radius 3 is 2.50 bits per heavy atom. The SMILES string of the molecule is O=C(Nc1ccccc1F)c1cncc(Nc2ccc(Br)cc2)c1. The zero-order valence-electron chi connectivity index (χ0n) is 12.5. The van der Waals surface area contributed by atoms with Gasteiger partial charge < -0.3 is 10.6 Å². The zero-order chi connectivity index (χ0) is 16.9. The van der Waals surface area contributed by atoms with E-state index in [1.54, 1.807) is 24.4 Å². The van der Waals surface area contributed by atoms with E-state index in [0.717, 1.165) is 10.2 Å². The van der Waals surface area contributed by atoms with Gasteiger partial charge in [0.05, 0.1) is 23.1 Å². The van der Waals surface area contributed by atoms with Crippen molar-refractivity contribution in [3.8, 4) is 0 Å². The molecule has 0 aliphatic carbocycles. The number of nitrogens with one attached hydrogen (secondary N) is 2. The summed E-state index contributed by atoms with van der Waals surface area (Å²) in [6, 6.07) is 15.3. The Morgan fingerprint density at radius 1 is 1.00 bits per heavy atom. The van der Waals surface area contributed by atoms with E-state index >= 15 is 0 Å². The van der Waals surface area contributed by atoms with Crippen molar-refractivity contribution < 1.29 is 9.18 Å². The predicted octanol–water partition coefficient (Wildman–Crippen LogP) is 4.98. The molecule has 3 rings (SSSR count).